The van der Waals surface area contributed by atoms with Crippen LogP contribution in [0.25, 0.3) is 0 Å². The lowest BCUT2D eigenvalue weighted by Gasteiger charge is -2.37. The molecule has 1 aromatic heterocycles. The molecule has 1 aliphatic carbocycles. The Bertz CT molecular complexity index is 331. The second-order valence-electron chi connectivity index (χ2n) is 5.73. The fourth-order valence-corrected chi connectivity index (χ4v) is 3.51. The molecule has 1 aliphatic rings. The van der Waals surface area contributed by atoms with Crippen molar-refractivity contribution in [2.45, 2.75) is 45.1 Å². The summed E-state index contributed by atoms with van der Waals surface area (Å²) in [5, 5.41) is 2.13. The van der Waals surface area contributed by atoms with E-state index in [0.717, 1.165) is 19.6 Å². The van der Waals surface area contributed by atoms with Gasteiger partial charge in [0.2, 0.25) is 0 Å². The smallest absolute Gasteiger partial charge is 0.0795 e. The van der Waals surface area contributed by atoms with Crippen molar-refractivity contribution < 1.29 is 0 Å². The van der Waals surface area contributed by atoms with Gasteiger partial charge in [-0.15, -0.1) is 11.3 Å². The molecule has 0 atom stereocenters. The van der Waals surface area contributed by atoms with Gasteiger partial charge < -0.3 is 10.6 Å². The van der Waals surface area contributed by atoms with E-state index in [1.165, 1.54) is 44.2 Å². The van der Waals surface area contributed by atoms with Crippen molar-refractivity contribution in [1.82, 2.24) is 9.88 Å². The van der Waals surface area contributed by atoms with Gasteiger partial charge in [0.05, 0.1) is 11.2 Å². The summed E-state index contributed by atoms with van der Waals surface area (Å²) in [5.74, 6) is 0. The third-order valence-corrected chi connectivity index (χ3v) is 4.92. The van der Waals surface area contributed by atoms with Crippen LogP contribution in [0.5, 0.6) is 0 Å². The van der Waals surface area contributed by atoms with Crippen molar-refractivity contribution >= 4 is 11.3 Å². The lowest BCUT2D eigenvalue weighted by atomic mass is 9.72. The molecule has 102 valence electrons. The van der Waals surface area contributed by atoms with E-state index in [9.17, 15) is 0 Å². The Labute approximate surface area is 114 Å². The highest BCUT2D eigenvalue weighted by Gasteiger charge is 2.30. The summed E-state index contributed by atoms with van der Waals surface area (Å²) in [5.41, 5.74) is 9.55. The first-order valence-corrected chi connectivity index (χ1v) is 7.94. The molecule has 18 heavy (non-hydrogen) atoms. The van der Waals surface area contributed by atoms with Gasteiger partial charge in [-0.25, -0.2) is 4.98 Å². The molecule has 0 aromatic carbocycles. The molecule has 1 heterocycles. The van der Waals surface area contributed by atoms with Crippen LogP contribution in [-0.2, 0) is 6.54 Å². The van der Waals surface area contributed by atoms with Gasteiger partial charge in [-0.2, -0.15) is 0 Å². The lowest BCUT2D eigenvalue weighted by molar-refractivity contribution is 0.154. The molecule has 2 N–H and O–H groups in total. The third kappa shape index (κ3) is 3.77. The van der Waals surface area contributed by atoms with Crippen molar-refractivity contribution in [2.75, 3.05) is 20.1 Å². The highest BCUT2D eigenvalue weighted by atomic mass is 32.1. The minimum absolute atomic E-state index is 0.425. The molecule has 0 unspecified atom stereocenters. The average molecular weight is 267 g/mol. The van der Waals surface area contributed by atoms with Gasteiger partial charge in [-0.05, 0) is 44.8 Å². The summed E-state index contributed by atoms with van der Waals surface area (Å²) in [4.78, 5) is 6.72. The van der Waals surface area contributed by atoms with Crippen LogP contribution in [0.15, 0.2) is 10.9 Å². The monoisotopic (exact) mass is 267 g/mol. The number of rotatable bonds is 6. The molecule has 3 nitrogen and oxygen atoms in total. The molecule has 4 heteroatoms. The first-order valence-electron chi connectivity index (χ1n) is 7.00. The third-order valence-electron chi connectivity index (χ3n) is 4.29. The number of hydrogen-bond donors (Lipinski definition) is 1. The van der Waals surface area contributed by atoms with E-state index in [1.54, 1.807) is 11.3 Å². The highest BCUT2D eigenvalue weighted by Crippen LogP contribution is 2.38. The standard InChI is InChI=1S/C14H25N3S/c1-17(9-13-10-18-12-16-13)8-7-14(11-15)5-3-2-4-6-14/h10,12H,2-9,11,15H2,1H3. The van der Waals surface area contributed by atoms with Crippen molar-refractivity contribution in [3.05, 3.63) is 16.6 Å². The number of nitrogens with two attached hydrogens (primary N) is 1. The van der Waals surface area contributed by atoms with Gasteiger partial charge in [0.15, 0.2) is 0 Å². The fourth-order valence-electron chi connectivity index (χ4n) is 2.96. The van der Waals surface area contributed by atoms with E-state index in [0.29, 0.717) is 5.41 Å². The number of thiazole rings is 1. The Kier molecular flexibility index (Phi) is 5.15. The average Bonchev–Trinajstić information content (AvgIpc) is 2.90. The fraction of sp³-hybridized carbons (Fsp3) is 0.786. The Morgan fingerprint density at radius 2 is 2.17 bits per heavy atom. The van der Waals surface area contributed by atoms with Crippen LogP contribution in [0.2, 0.25) is 0 Å². The van der Waals surface area contributed by atoms with Crippen LogP contribution in [0.1, 0.15) is 44.2 Å². The molecule has 0 aliphatic heterocycles. The zero-order valence-corrected chi connectivity index (χ0v) is 12.2. The van der Waals surface area contributed by atoms with E-state index in [1.807, 2.05) is 5.51 Å². The maximum absolute atomic E-state index is 6.03. The molecule has 2 rings (SSSR count). The topological polar surface area (TPSA) is 42.1 Å². The first kappa shape index (κ1) is 14.0. The normalized spacial score (nSPS) is 19.3. The van der Waals surface area contributed by atoms with Gasteiger partial charge >= 0.3 is 0 Å². The number of hydrogen-bond acceptors (Lipinski definition) is 4. The molecule has 0 saturated heterocycles. The van der Waals surface area contributed by atoms with E-state index in [-0.39, 0.29) is 0 Å². The predicted octanol–water partition coefficient (Wildman–Crippen LogP) is 2.87. The van der Waals surface area contributed by atoms with Gasteiger partial charge in [0.1, 0.15) is 0 Å². The molecule has 1 aromatic rings. The Hall–Kier alpha value is -0.450. The molecule has 0 amide bonds. The second-order valence-corrected chi connectivity index (χ2v) is 6.45. The first-order chi connectivity index (χ1) is 8.74. The summed E-state index contributed by atoms with van der Waals surface area (Å²) in [6.07, 6.45) is 8.03. The van der Waals surface area contributed by atoms with E-state index in [2.05, 4.69) is 22.3 Å². The SMILES string of the molecule is CN(CCC1(CN)CCCCC1)Cc1cscn1. The van der Waals surface area contributed by atoms with Crippen molar-refractivity contribution in [1.29, 1.82) is 0 Å². The largest absolute Gasteiger partial charge is 0.330 e. The van der Waals surface area contributed by atoms with Crippen LogP contribution in [-0.4, -0.2) is 30.0 Å². The Balaban J connectivity index is 1.78. The predicted molar refractivity (Wildman–Crippen MR) is 77.6 cm³/mol. The molecular weight excluding hydrogens is 242 g/mol. The summed E-state index contributed by atoms with van der Waals surface area (Å²) in [6.45, 7) is 2.95. The molecular formula is C14H25N3S. The summed E-state index contributed by atoms with van der Waals surface area (Å²) in [6, 6.07) is 0. The molecule has 1 fully saturated rings. The quantitative estimate of drug-likeness (QED) is 0.862. The number of nitrogens with zero attached hydrogens (tertiary/aromatic N) is 2. The molecule has 0 spiro atoms. The highest BCUT2D eigenvalue weighted by molar-refractivity contribution is 7.07. The van der Waals surface area contributed by atoms with E-state index < -0.39 is 0 Å². The number of aromatic nitrogens is 1. The lowest BCUT2D eigenvalue weighted by Crippen LogP contribution is -2.36. The van der Waals surface area contributed by atoms with Crippen LogP contribution >= 0.6 is 11.3 Å². The molecule has 0 radical (unpaired) electrons. The zero-order chi connectivity index (χ0) is 12.8. The van der Waals surface area contributed by atoms with Gasteiger partial charge in [0.25, 0.3) is 0 Å². The Morgan fingerprint density at radius 3 is 2.78 bits per heavy atom. The minimum Gasteiger partial charge on any atom is -0.330 e. The second kappa shape index (κ2) is 6.64. The Morgan fingerprint density at radius 1 is 1.39 bits per heavy atom. The summed E-state index contributed by atoms with van der Waals surface area (Å²) in [7, 11) is 2.19. The van der Waals surface area contributed by atoms with Crippen molar-refractivity contribution in [2.24, 2.45) is 11.1 Å². The van der Waals surface area contributed by atoms with E-state index in [4.69, 9.17) is 5.73 Å². The van der Waals surface area contributed by atoms with Crippen LogP contribution in [0, 0.1) is 5.41 Å². The summed E-state index contributed by atoms with van der Waals surface area (Å²) < 4.78 is 0. The molecule has 1 saturated carbocycles. The minimum atomic E-state index is 0.425. The maximum atomic E-state index is 6.03. The molecule has 0 bridgehead atoms. The van der Waals surface area contributed by atoms with Crippen molar-refractivity contribution in [3.8, 4) is 0 Å². The van der Waals surface area contributed by atoms with E-state index >= 15 is 0 Å². The zero-order valence-electron chi connectivity index (χ0n) is 11.4. The summed E-state index contributed by atoms with van der Waals surface area (Å²) >= 11 is 1.67. The van der Waals surface area contributed by atoms with Gasteiger partial charge in [-0.1, -0.05) is 19.3 Å². The van der Waals surface area contributed by atoms with Gasteiger partial charge in [-0.3, -0.25) is 0 Å². The van der Waals surface area contributed by atoms with Crippen LogP contribution in [0.4, 0.5) is 0 Å². The maximum Gasteiger partial charge on any atom is 0.0795 e. The van der Waals surface area contributed by atoms with Crippen LogP contribution in [0.3, 0.4) is 0 Å². The van der Waals surface area contributed by atoms with Crippen molar-refractivity contribution in [3.63, 3.8) is 0 Å². The van der Waals surface area contributed by atoms with Crippen LogP contribution < -0.4 is 5.73 Å². The van der Waals surface area contributed by atoms with Gasteiger partial charge in [0, 0.05) is 11.9 Å².